The van der Waals surface area contributed by atoms with Crippen LogP contribution in [0, 0.1) is 0 Å². The first-order valence-electron chi connectivity index (χ1n) is 20.2. The fourth-order valence-electron chi connectivity index (χ4n) is 6.54. The first-order chi connectivity index (χ1) is 27.9. The average Bonchev–Trinajstić information content (AvgIpc) is 3.78. The molecule has 0 fully saturated rings. The van der Waals surface area contributed by atoms with Gasteiger partial charge in [-0.15, -0.1) is 0 Å². The van der Waals surface area contributed by atoms with E-state index in [0.29, 0.717) is 33.2 Å². The summed E-state index contributed by atoms with van der Waals surface area (Å²) in [6.07, 6.45) is 0. The Morgan fingerprint density at radius 1 is 0.521 bits per heavy atom. The molecule has 0 saturated carbocycles. The molecule has 3 heterocycles. The lowest BCUT2D eigenvalue weighted by Crippen LogP contribution is -2.01. The van der Waals surface area contributed by atoms with Gasteiger partial charge in [0.2, 0.25) is 0 Å². The van der Waals surface area contributed by atoms with Crippen LogP contribution in [0.15, 0.2) is 162 Å². The lowest BCUT2D eigenvalue weighted by atomic mass is 10.0. The first kappa shape index (κ1) is 18.5. The summed E-state index contributed by atoms with van der Waals surface area (Å²) < 4.78 is 93.7. The standard InChI is InChI=1S/C43H26N4O/c1-3-13-27(14-4-1)41-44-42(28-15-5-2-6-16-28)46-43(45-41)33-23-24-36(40-39(33)32-20-10-12-22-38(32)48-40)47-35-21-11-9-19-31(35)34-25-29-17-7-8-18-30(29)26-37(34)47/h1-26H/i1D,2D,3D,4D,5D,6D,13D,14D,15D,16D. The molecular weight excluding hydrogens is 589 g/mol. The molecule has 10 rings (SSSR count). The van der Waals surface area contributed by atoms with Gasteiger partial charge in [-0.3, -0.25) is 0 Å². The number of benzene rings is 7. The third-order valence-corrected chi connectivity index (χ3v) is 8.61. The lowest BCUT2D eigenvalue weighted by molar-refractivity contribution is 0.666. The van der Waals surface area contributed by atoms with Gasteiger partial charge in [-0.25, -0.2) is 15.0 Å². The molecule has 0 unspecified atom stereocenters. The van der Waals surface area contributed by atoms with Crippen LogP contribution >= 0.6 is 0 Å². The number of nitrogens with zero attached hydrogens (tertiary/aromatic N) is 4. The highest BCUT2D eigenvalue weighted by Gasteiger charge is 2.23. The van der Waals surface area contributed by atoms with Gasteiger partial charge in [0.1, 0.15) is 5.58 Å². The highest BCUT2D eigenvalue weighted by atomic mass is 16.3. The molecule has 0 radical (unpaired) electrons. The fourth-order valence-corrected chi connectivity index (χ4v) is 6.54. The fraction of sp³-hybridized carbons (Fsp3) is 0. The molecule has 0 aliphatic heterocycles. The minimum atomic E-state index is -0.617. The van der Waals surface area contributed by atoms with Crippen molar-refractivity contribution in [3.05, 3.63) is 157 Å². The Morgan fingerprint density at radius 3 is 1.85 bits per heavy atom. The van der Waals surface area contributed by atoms with E-state index in [1.807, 2.05) is 60.7 Å². The van der Waals surface area contributed by atoms with Crippen molar-refractivity contribution >= 4 is 54.5 Å². The highest BCUT2D eigenvalue weighted by Crippen LogP contribution is 2.42. The van der Waals surface area contributed by atoms with Crippen LogP contribution in [0.2, 0.25) is 0 Å². The predicted molar refractivity (Wildman–Crippen MR) is 195 cm³/mol. The zero-order valence-electron chi connectivity index (χ0n) is 34.9. The minimum absolute atomic E-state index is 0.0464. The zero-order valence-corrected chi connectivity index (χ0v) is 24.9. The maximum Gasteiger partial charge on any atom is 0.164 e. The van der Waals surface area contributed by atoms with E-state index >= 15 is 0 Å². The molecule has 0 N–H and O–H groups in total. The summed E-state index contributed by atoms with van der Waals surface area (Å²) in [5.41, 5.74) is 3.35. The molecule has 7 aromatic carbocycles. The Morgan fingerprint density at radius 2 is 1.12 bits per heavy atom. The van der Waals surface area contributed by atoms with Crippen LogP contribution in [0.4, 0.5) is 0 Å². The van der Waals surface area contributed by atoms with E-state index in [-0.39, 0.29) is 28.6 Å². The van der Waals surface area contributed by atoms with E-state index in [1.54, 1.807) is 6.07 Å². The van der Waals surface area contributed by atoms with Crippen LogP contribution in [0.3, 0.4) is 0 Å². The third kappa shape index (κ3) is 4.08. The SMILES string of the molecule is [2H]c1c([2H])c([2H])c(-c2nc(-c3c([2H])c([2H])c([2H])c([2H])c3[2H])nc(-c3ccc(-n4c5ccccc5c5cc6ccccc6cc54)c4oc5ccccc5c34)n2)c([2H])c1[2H]. The summed E-state index contributed by atoms with van der Waals surface area (Å²) in [6, 6.07) is 25.7. The van der Waals surface area contributed by atoms with E-state index in [0.717, 1.165) is 32.6 Å². The monoisotopic (exact) mass is 624 g/mol. The zero-order chi connectivity index (χ0) is 40.3. The summed E-state index contributed by atoms with van der Waals surface area (Å²) in [5, 5.41) is 5.54. The van der Waals surface area contributed by atoms with E-state index in [9.17, 15) is 0 Å². The predicted octanol–water partition coefficient (Wildman–Crippen LogP) is 11.0. The number of aromatic nitrogens is 4. The minimum Gasteiger partial charge on any atom is -0.454 e. The van der Waals surface area contributed by atoms with Crippen LogP contribution in [0.1, 0.15) is 13.7 Å². The number of hydrogen-bond donors (Lipinski definition) is 0. The van der Waals surface area contributed by atoms with Crippen molar-refractivity contribution in [3.63, 3.8) is 0 Å². The van der Waals surface area contributed by atoms with Crippen LogP contribution in [0.25, 0.3) is 94.4 Å². The second-order valence-corrected chi connectivity index (χ2v) is 11.3. The van der Waals surface area contributed by atoms with Gasteiger partial charge in [-0.1, -0.05) is 121 Å². The first-order valence-corrected chi connectivity index (χ1v) is 15.2. The van der Waals surface area contributed by atoms with Crippen molar-refractivity contribution in [2.75, 3.05) is 0 Å². The molecule has 0 atom stereocenters. The number of furan rings is 1. The summed E-state index contributed by atoms with van der Waals surface area (Å²) in [5.74, 6) is -0.735. The van der Waals surface area contributed by atoms with Crippen molar-refractivity contribution in [2.45, 2.75) is 0 Å². The molecule has 3 aromatic heterocycles. The summed E-state index contributed by atoms with van der Waals surface area (Å²) >= 11 is 0. The number of para-hydroxylation sites is 2. The topological polar surface area (TPSA) is 56.7 Å². The quantitative estimate of drug-likeness (QED) is 0.195. The second-order valence-electron chi connectivity index (χ2n) is 11.3. The third-order valence-electron chi connectivity index (χ3n) is 8.61. The Kier molecular flexibility index (Phi) is 4.04. The summed E-state index contributed by atoms with van der Waals surface area (Å²) in [7, 11) is 0. The van der Waals surface area contributed by atoms with Crippen molar-refractivity contribution in [3.8, 4) is 39.9 Å². The van der Waals surface area contributed by atoms with Gasteiger partial charge >= 0.3 is 0 Å². The molecule has 10 aromatic rings. The largest absolute Gasteiger partial charge is 0.454 e. The lowest BCUT2D eigenvalue weighted by Gasteiger charge is -2.12. The van der Waals surface area contributed by atoms with Gasteiger partial charge in [0.05, 0.1) is 30.4 Å². The van der Waals surface area contributed by atoms with Gasteiger partial charge in [0, 0.05) is 38.2 Å². The normalized spacial score (nSPS) is 14.7. The maximum atomic E-state index is 8.76. The van der Waals surface area contributed by atoms with E-state index < -0.39 is 60.4 Å². The van der Waals surface area contributed by atoms with Gasteiger partial charge in [-0.05, 0) is 47.2 Å². The van der Waals surface area contributed by atoms with Crippen molar-refractivity contribution in [1.29, 1.82) is 0 Å². The van der Waals surface area contributed by atoms with Gasteiger partial charge in [0.25, 0.3) is 0 Å². The van der Waals surface area contributed by atoms with Crippen LogP contribution in [-0.4, -0.2) is 19.5 Å². The van der Waals surface area contributed by atoms with Crippen LogP contribution < -0.4 is 0 Å². The van der Waals surface area contributed by atoms with Crippen LogP contribution in [-0.2, 0) is 0 Å². The van der Waals surface area contributed by atoms with Crippen LogP contribution in [0.5, 0.6) is 0 Å². The molecule has 0 amide bonds. The highest BCUT2D eigenvalue weighted by molar-refractivity contribution is 6.17. The maximum absolute atomic E-state index is 8.76. The Balaban J connectivity index is 1.32. The summed E-state index contributed by atoms with van der Waals surface area (Å²) in [4.78, 5) is 13.9. The van der Waals surface area contributed by atoms with Crippen molar-refractivity contribution in [1.82, 2.24) is 19.5 Å². The molecular formula is C43H26N4O. The van der Waals surface area contributed by atoms with Gasteiger partial charge in [0.15, 0.2) is 23.1 Å². The van der Waals surface area contributed by atoms with E-state index in [1.165, 1.54) is 0 Å². The molecule has 0 aliphatic carbocycles. The van der Waals surface area contributed by atoms with Crippen molar-refractivity contribution < 1.29 is 18.1 Å². The Labute approximate surface area is 289 Å². The molecule has 0 aliphatic rings. The second kappa shape index (κ2) is 10.5. The number of rotatable bonds is 4. The van der Waals surface area contributed by atoms with Gasteiger partial charge < -0.3 is 8.98 Å². The smallest absolute Gasteiger partial charge is 0.164 e. The van der Waals surface area contributed by atoms with Crippen molar-refractivity contribution in [2.24, 2.45) is 0 Å². The molecule has 48 heavy (non-hydrogen) atoms. The molecule has 5 nitrogen and oxygen atoms in total. The Bertz CT molecular complexity index is 3290. The summed E-state index contributed by atoms with van der Waals surface area (Å²) in [6.45, 7) is 0. The molecule has 224 valence electrons. The molecule has 0 saturated heterocycles. The van der Waals surface area contributed by atoms with E-state index in [4.69, 9.17) is 28.1 Å². The Hall–Kier alpha value is -6.59. The average molecular weight is 625 g/mol. The van der Waals surface area contributed by atoms with E-state index in [2.05, 4.69) is 39.9 Å². The van der Waals surface area contributed by atoms with Gasteiger partial charge in [-0.2, -0.15) is 0 Å². The molecule has 0 bridgehead atoms. The molecule has 0 spiro atoms. The number of fused-ring (bicyclic) bond motifs is 7. The molecule has 5 heteroatoms. The number of hydrogen-bond acceptors (Lipinski definition) is 4.